The molecule has 0 saturated heterocycles. The van der Waals surface area contributed by atoms with Gasteiger partial charge >= 0.3 is 5.97 Å². The van der Waals surface area contributed by atoms with E-state index in [2.05, 4.69) is 4.74 Å². The minimum Gasteiger partial charge on any atom is -0.491 e. The first-order valence-corrected chi connectivity index (χ1v) is 6.44. The summed E-state index contributed by atoms with van der Waals surface area (Å²) in [4.78, 5) is 34.4. The zero-order valence-electron chi connectivity index (χ0n) is 11.8. The predicted octanol–water partition coefficient (Wildman–Crippen LogP) is 2.18. The molecule has 0 radical (unpaired) electrons. The number of ether oxygens (including phenoxy) is 2. The van der Waals surface area contributed by atoms with Crippen LogP contribution in [0, 0.1) is 0 Å². The number of Topliss-reactive ketones (excluding diaryl/α,β-unsaturated/α-hetero) is 2. The molecule has 0 aliphatic carbocycles. The van der Waals surface area contributed by atoms with E-state index in [1.54, 1.807) is 31.2 Å². The lowest BCUT2D eigenvalue weighted by molar-refractivity contribution is -0.153. The fraction of sp³-hybridized carbons (Fsp3) is 0.400. The highest BCUT2D eigenvalue weighted by Gasteiger charge is 2.19. The maximum atomic E-state index is 11.8. The van der Waals surface area contributed by atoms with E-state index in [1.165, 1.54) is 0 Å². The van der Waals surface area contributed by atoms with Crippen LogP contribution in [0.3, 0.4) is 0 Å². The quantitative estimate of drug-likeness (QED) is 0.331. The van der Waals surface area contributed by atoms with Crippen molar-refractivity contribution in [3.63, 3.8) is 0 Å². The largest absolute Gasteiger partial charge is 0.491 e. The first-order valence-electron chi connectivity index (χ1n) is 6.44. The molecule has 0 aliphatic rings. The average molecular weight is 278 g/mol. The first-order chi connectivity index (χ1) is 9.43. The lowest BCUT2D eigenvalue weighted by atomic mass is 10.1. The number of benzene rings is 1. The van der Waals surface area contributed by atoms with Gasteiger partial charge in [0.15, 0.2) is 5.78 Å². The van der Waals surface area contributed by atoms with Gasteiger partial charge in [-0.1, -0.05) is 0 Å². The molecule has 108 valence electrons. The molecule has 0 aliphatic heterocycles. The second kappa shape index (κ2) is 7.43. The average Bonchev–Trinajstić information content (AvgIpc) is 2.39. The van der Waals surface area contributed by atoms with E-state index in [0.717, 1.165) is 0 Å². The SMILES string of the molecule is CCOC(=O)C(=O)CC(=O)c1ccc(OC(C)C)cc1. The predicted molar refractivity (Wildman–Crippen MR) is 72.8 cm³/mol. The Morgan fingerprint density at radius 1 is 1.10 bits per heavy atom. The molecule has 0 saturated carbocycles. The number of rotatable bonds is 7. The molecule has 0 unspecified atom stereocenters. The lowest BCUT2D eigenvalue weighted by Gasteiger charge is -2.09. The zero-order valence-corrected chi connectivity index (χ0v) is 11.8. The highest BCUT2D eigenvalue weighted by Crippen LogP contribution is 2.15. The van der Waals surface area contributed by atoms with E-state index in [4.69, 9.17) is 4.74 Å². The van der Waals surface area contributed by atoms with E-state index in [1.807, 2.05) is 13.8 Å². The van der Waals surface area contributed by atoms with Crippen molar-refractivity contribution in [1.82, 2.24) is 0 Å². The van der Waals surface area contributed by atoms with E-state index in [0.29, 0.717) is 11.3 Å². The van der Waals surface area contributed by atoms with Crippen LogP contribution < -0.4 is 4.74 Å². The molecule has 1 aromatic rings. The number of hydrogen-bond acceptors (Lipinski definition) is 5. The standard InChI is InChI=1S/C15H18O5/c1-4-19-15(18)14(17)9-13(16)11-5-7-12(8-6-11)20-10(2)3/h5-8,10H,4,9H2,1-3H3. The van der Waals surface area contributed by atoms with Gasteiger partial charge in [0, 0.05) is 5.56 Å². The summed E-state index contributed by atoms with van der Waals surface area (Å²) in [5, 5.41) is 0. The molecule has 5 nitrogen and oxygen atoms in total. The molecular weight excluding hydrogens is 260 g/mol. The summed E-state index contributed by atoms with van der Waals surface area (Å²) >= 11 is 0. The third-order valence-corrected chi connectivity index (χ3v) is 2.37. The molecule has 0 heterocycles. The van der Waals surface area contributed by atoms with Crippen molar-refractivity contribution in [3.8, 4) is 5.75 Å². The van der Waals surface area contributed by atoms with Crippen molar-refractivity contribution in [2.24, 2.45) is 0 Å². The minimum absolute atomic E-state index is 0.0435. The van der Waals surface area contributed by atoms with Crippen LogP contribution in [-0.2, 0) is 14.3 Å². The monoisotopic (exact) mass is 278 g/mol. The molecule has 1 rings (SSSR count). The Morgan fingerprint density at radius 3 is 2.20 bits per heavy atom. The smallest absolute Gasteiger partial charge is 0.375 e. The summed E-state index contributed by atoms with van der Waals surface area (Å²) in [6, 6.07) is 6.45. The summed E-state index contributed by atoms with van der Waals surface area (Å²) in [5.41, 5.74) is 0.360. The van der Waals surface area contributed by atoms with Gasteiger partial charge in [0.05, 0.1) is 19.1 Å². The van der Waals surface area contributed by atoms with Crippen molar-refractivity contribution < 1.29 is 23.9 Å². The number of hydrogen-bond donors (Lipinski definition) is 0. The second-order valence-corrected chi connectivity index (χ2v) is 4.43. The van der Waals surface area contributed by atoms with Crippen LogP contribution in [0.1, 0.15) is 37.6 Å². The van der Waals surface area contributed by atoms with Gasteiger partial charge in [0.25, 0.3) is 0 Å². The molecule has 1 aromatic carbocycles. The fourth-order valence-electron chi connectivity index (χ4n) is 1.52. The Bertz CT molecular complexity index is 487. The Balaban J connectivity index is 2.64. The number of carbonyl (C=O) groups excluding carboxylic acids is 3. The Labute approximate surface area is 117 Å². The Morgan fingerprint density at radius 2 is 1.70 bits per heavy atom. The topological polar surface area (TPSA) is 69.7 Å². The summed E-state index contributed by atoms with van der Waals surface area (Å²) in [7, 11) is 0. The van der Waals surface area contributed by atoms with Gasteiger partial charge in [-0.05, 0) is 45.0 Å². The van der Waals surface area contributed by atoms with Crippen molar-refractivity contribution in [2.75, 3.05) is 6.61 Å². The van der Waals surface area contributed by atoms with Crippen LogP contribution in [0.25, 0.3) is 0 Å². The lowest BCUT2D eigenvalue weighted by Crippen LogP contribution is -2.20. The van der Waals surface area contributed by atoms with E-state index < -0.39 is 24.0 Å². The Hall–Kier alpha value is -2.17. The van der Waals surface area contributed by atoms with Crippen LogP contribution in [0.4, 0.5) is 0 Å². The Kier molecular flexibility index (Phi) is 5.90. The molecular formula is C15H18O5. The van der Waals surface area contributed by atoms with E-state index in [9.17, 15) is 14.4 Å². The van der Waals surface area contributed by atoms with Crippen LogP contribution in [0.2, 0.25) is 0 Å². The highest BCUT2D eigenvalue weighted by atomic mass is 16.5. The zero-order chi connectivity index (χ0) is 15.1. The fourth-order valence-corrected chi connectivity index (χ4v) is 1.52. The maximum absolute atomic E-state index is 11.8. The van der Waals surface area contributed by atoms with Gasteiger partial charge in [0.1, 0.15) is 5.75 Å². The molecule has 5 heteroatoms. The van der Waals surface area contributed by atoms with Crippen molar-refractivity contribution >= 4 is 17.5 Å². The molecule has 0 amide bonds. The van der Waals surface area contributed by atoms with Gasteiger partial charge in [-0.15, -0.1) is 0 Å². The molecule has 0 atom stereocenters. The molecule has 0 bridgehead atoms. The number of ketones is 2. The van der Waals surface area contributed by atoms with Crippen molar-refractivity contribution in [1.29, 1.82) is 0 Å². The highest BCUT2D eigenvalue weighted by molar-refractivity contribution is 6.38. The maximum Gasteiger partial charge on any atom is 0.375 e. The molecule has 0 aromatic heterocycles. The molecule has 0 spiro atoms. The second-order valence-electron chi connectivity index (χ2n) is 4.43. The normalized spacial score (nSPS) is 10.2. The van der Waals surface area contributed by atoms with Gasteiger partial charge in [-0.25, -0.2) is 4.79 Å². The third kappa shape index (κ3) is 4.84. The summed E-state index contributed by atoms with van der Waals surface area (Å²) in [6.07, 6.45) is -0.439. The van der Waals surface area contributed by atoms with Crippen molar-refractivity contribution in [3.05, 3.63) is 29.8 Å². The summed E-state index contributed by atoms with van der Waals surface area (Å²) in [5.74, 6) is -1.58. The van der Waals surface area contributed by atoms with E-state index in [-0.39, 0.29) is 12.7 Å². The summed E-state index contributed by atoms with van der Waals surface area (Å²) < 4.78 is 9.99. The van der Waals surface area contributed by atoms with Gasteiger partial charge < -0.3 is 9.47 Å². The van der Waals surface area contributed by atoms with Crippen LogP contribution >= 0.6 is 0 Å². The van der Waals surface area contributed by atoms with Crippen LogP contribution in [-0.4, -0.2) is 30.2 Å². The van der Waals surface area contributed by atoms with Crippen LogP contribution in [0.15, 0.2) is 24.3 Å². The molecule has 20 heavy (non-hydrogen) atoms. The van der Waals surface area contributed by atoms with E-state index >= 15 is 0 Å². The molecule has 0 fully saturated rings. The van der Waals surface area contributed by atoms with Gasteiger partial charge in [0.2, 0.25) is 5.78 Å². The van der Waals surface area contributed by atoms with Crippen molar-refractivity contribution in [2.45, 2.75) is 33.3 Å². The number of esters is 1. The minimum atomic E-state index is -0.972. The first kappa shape index (κ1) is 15.9. The summed E-state index contributed by atoms with van der Waals surface area (Å²) in [6.45, 7) is 5.51. The van der Waals surface area contributed by atoms with Crippen LogP contribution in [0.5, 0.6) is 5.75 Å². The molecule has 0 N–H and O–H groups in total. The van der Waals surface area contributed by atoms with Gasteiger partial charge in [-0.2, -0.15) is 0 Å². The van der Waals surface area contributed by atoms with Gasteiger partial charge in [-0.3, -0.25) is 9.59 Å². The number of carbonyl (C=O) groups is 3. The third-order valence-electron chi connectivity index (χ3n) is 2.37.